The van der Waals surface area contributed by atoms with E-state index in [-0.39, 0.29) is 5.92 Å². The summed E-state index contributed by atoms with van der Waals surface area (Å²) in [5, 5.41) is 0. The molecule has 0 unspecified atom stereocenters. The Labute approximate surface area is 99.8 Å². The molecular weight excluding hydrogens is 200 g/mol. The summed E-state index contributed by atoms with van der Waals surface area (Å²) in [5.74, 6) is 0.207. The minimum absolute atomic E-state index is 0.207. The van der Waals surface area contributed by atoms with Crippen molar-refractivity contribution in [2.24, 2.45) is 5.92 Å². The molecule has 0 aromatic heterocycles. The maximum Gasteiger partial charge on any atom is 0.125 e. The van der Waals surface area contributed by atoms with E-state index < -0.39 is 0 Å². The Kier molecular flexibility index (Phi) is 6.65. The van der Waals surface area contributed by atoms with Crippen LogP contribution in [0.25, 0.3) is 0 Å². The molecule has 1 aliphatic heterocycles. The largest absolute Gasteiger partial charge is 0.303 e. The van der Waals surface area contributed by atoms with Gasteiger partial charge in [-0.3, -0.25) is 0 Å². The molecule has 1 saturated heterocycles. The smallest absolute Gasteiger partial charge is 0.125 e. The zero-order valence-electron chi connectivity index (χ0n) is 10.8. The predicted molar refractivity (Wildman–Crippen MR) is 67.6 cm³/mol. The molecule has 0 spiro atoms. The second-order valence-electron chi connectivity index (χ2n) is 4.85. The highest BCUT2D eigenvalue weighted by atomic mass is 16.1. The van der Waals surface area contributed by atoms with Crippen molar-refractivity contribution >= 4 is 6.29 Å². The molecule has 0 saturated carbocycles. The molecule has 0 amide bonds. The second-order valence-corrected chi connectivity index (χ2v) is 4.85. The maximum absolute atomic E-state index is 11.1. The highest BCUT2D eigenvalue weighted by Crippen LogP contribution is 2.09. The molecule has 0 aromatic carbocycles. The number of nitrogens with zero attached hydrogens (tertiary/aromatic N) is 2. The van der Waals surface area contributed by atoms with Gasteiger partial charge in [-0.15, -0.1) is 0 Å². The first kappa shape index (κ1) is 13.7. The van der Waals surface area contributed by atoms with Crippen molar-refractivity contribution in [3.05, 3.63) is 0 Å². The van der Waals surface area contributed by atoms with E-state index in [9.17, 15) is 4.79 Å². The summed E-state index contributed by atoms with van der Waals surface area (Å²) in [6.07, 6.45) is 4.76. The highest BCUT2D eigenvalue weighted by Gasteiger charge is 2.19. The van der Waals surface area contributed by atoms with Crippen molar-refractivity contribution < 1.29 is 4.79 Å². The molecule has 1 fully saturated rings. The number of carbonyl (C=O) groups excluding carboxylic acids is 1. The van der Waals surface area contributed by atoms with Gasteiger partial charge in [-0.1, -0.05) is 13.8 Å². The molecule has 3 heteroatoms. The molecule has 0 atom stereocenters. The zero-order chi connectivity index (χ0) is 11.8. The van der Waals surface area contributed by atoms with Crippen molar-refractivity contribution in [3.63, 3.8) is 0 Å². The number of carbonyl (C=O) groups is 1. The van der Waals surface area contributed by atoms with Crippen molar-refractivity contribution in [3.8, 4) is 0 Å². The lowest BCUT2D eigenvalue weighted by Crippen LogP contribution is -2.43. The highest BCUT2D eigenvalue weighted by molar-refractivity contribution is 5.54. The monoisotopic (exact) mass is 226 g/mol. The van der Waals surface area contributed by atoms with E-state index in [4.69, 9.17) is 0 Å². The van der Waals surface area contributed by atoms with E-state index in [2.05, 4.69) is 23.6 Å². The molecule has 94 valence electrons. The lowest BCUT2D eigenvalue weighted by atomic mass is 10.1. The van der Waals surface area contributed by atoms with Gasteiger partial charge < -0.3 is 14.6 Å². The summed E-state index contributed by atoms with van der Waals surface area (Å²) in [7, 11) is 0. The molecule has 0 bridgehead atoms. The van der Waals surface area contributed by atoms with Crippen LogP contribution in [-0.4, -0.2) is 55.4 Å². The maximum atomic E-state index is 11.1. The molecule has 0 radical (unpaired) electrons. The van der Waals surface area contributed by atoms with Gasteiger partial charge in [0.05, 0.1) is 0 Å². The van der Waals surface area contributed by atoms with E-state index in [0.29, 0.717) is 0 Å². The second kappa shape index (κ2) is 7.80. The van der Waals surface area contributed by atoms with Crippen molar-refractivity contribution in [1.82, 2.24) is 9.80 Å². The number of hydrogen-bond acceptors (Lipinski definition) is 3. The SMILES string of the molecule is CCCN1CCCN(CCC)CC(C=O)C1. The third kappa shape index (κ3) is 4.62. The van der Waals surface area contributed by atoms with Crippen LogP contribution in [0.2, 0.25) is 0 Å². The normalized spacial score (nSPS) is 21.6. The van der Waals surface area contributed by atoms with Crippen LogP contribution in [0.5, 0.6) is 0 Å². The van der Waals surface area contributed by atoms with Gasteiger partial charge in [-0.2, -0.15) is 0 Å². The van der Waals surface area contributed by atoms with Gasteiger partial charge in [0.25, 0.3) is 0 Å². The van der Waals surface area contributed by atoms with E-state index in [1.54, 1.807) is 0 Å². The van der Waals surface area contributed by atoms with Gasteiger partial charge >= 0.3 is 0 Å². The van der Waals surface area contributed by atoms with Crippen LogP contribution in [0.3, 0.4) is 0 Å². The molecule has 1 aliphatic rings. The lowest BCUT2D eigenvalue weighted by Gasteiger charge is -2.33. The minimum Gasteiger partial charge on any atom is -0.303 e. The summed E-state index contributed by atoms with van der Waals surface area (Å²) in [4.78, 5) is 16.0. The van der Waals surface area contributed by atoms with E-state index in [0.717, 1.165) is 45.6 Å². The quantitative estimate of drug-likeness (QED) is 0.666. The van der Waals surface area contributed by atoms with Crippen molar-refractivity contribution in [1.29, 1.82) is 0 Å². The zero-order valence-corrected chi connectivity index (χ0v) is 10.8. The lowest BCUT2D eigenvalue weighted by molar-refractivity contribution is -0.112. The third-order valence-corrected chi connectivity index (χ3v) is 3.21. The average molecular weight is 226 g/mol. The van der Waals surface area contributed by atoms with Gasteiger partial charge in [0.15, 0.2) is 0 Å². The van der Waals surface area contributed by atoms with Crippen LogP contribution in [0.4, 0.5) is 0 Å². The van der Waals surface area contributed by atoms with Gasteiger partial charge in [-0.25, -0.2) is 0 Å². The number of aldehydes is 1. The fourth-order valence-corrected chi connectivity index (χ4v) is 2.55. The van der Waals surface area contributed by atoms with Crippen LogP contribution < -0.4 is 0 Å². The Balaban J connectivity index is 2.47. The number of hydrogen-bond donors (Lipinski definition) is 0. The fraction of sp³-hybridized carbons (Fsp3) is 0.923. The minimum atomic E-state index is 0.207. The summed E-state index contributed by atoms with van der Waals surface area (Å²) >= 11 is 0. The van der Waals surface area contributed by atoms with Crippen LogP contribution >= 0.6 is 0 Å². The molecule has 1 heterocycles. The van der Waals surface area contributed by atoms with Gasteiger partial charge in [0.2, 0.25) is 0 Å². The average Bonchev–Trinajstić information content (AvgIpc) is 2.25. The Morgan fingerprint density at radius 2 is 1.56 bits per heavy atom. The van der Waals surface area contributed by atoms with Crippen molar-refractivity contribution in [2.75, 3.05) is 39.3 Å². The summed E-state index contributed by atoms with van der Waals surface area (Å²) < 4.78 is 0. The Morgan fingerprint density at radius 3 is 1.94 bits per heavy atom. The van der Waals surface area contributed by atoms with Gasteiger partial charge in [0, 0.05) is 19.0 Å². The Morgan fingerprint density at radius 1 is 1.06 bits per heavy atom. The topological polar surface area (TPSA) is 23.6 Å². The van der Waals surface area contributed by atoms with Gasteiger partial charge in [0.1, 0.15) is 6.29 Å². The van der Waals surface area contributed by atoms with E-state index >= 15 is 0 Å². The van der Waals surface area contributed by atoms with Crippen LogP contribution in [0.15, 0.2) is 0 Å². The summed E-state index contributed by atoms with van der Waals surface area (Å²) in [6.45, 7) is 10.9. The third-order valence-electron chi connectivity index (χ3n) is 3.21. The van der Waals surface area contributed by atoms with E-state index in [1.807, 2.05) is 0 Å². The first-order chi connectivity index (χ1) is 7.80. The fourth-order valence-electron chi connectivity index (χ4n) is 2.55. The Hall–Kier alpha value is -0.410. The van der Waals surface area contributed by atoms with E-state index in [1.165, 1.54) is 19.3 Å². The molecule has 0 N–H and O–H groups in total. The first-order valence-electron chi connectivity index (χ1n) is 6.70. The molecule has 0 aromatic rings. The van der Waals surface area contributed by atoms with Crippen LogP contribution in [0.1, 0.15) is 33.1 Å². The van der Waals surface area contributed by atoms with Crippen LogP contribution in [0, 0.1) is 5.92 Å². The first-order valence-corrected chi connectivity index (χ1v) is 6.70. The van der Waals surface area contributed by atoms with Crippen LogP contribution in [-0.2, 0) is 4.79 Å². The molecule has 3 nitrogen and oxygen atoms in total. The molecular formula is C13H26N2O. The Bertz CT molecular complexity index is 180. The summed E-state index contributed by atoms with van der Waals surface area (Å²) in [6, 6.07) is 0. The molecule has 16 heavy (non-hydrogen) atoms. The van der Waals surface area contributed by atoms with Gasteiger partial charge in [-0.05, 0) is 45.4 Å². The molecule has 0 aliphatic carbocycles. The predicted octanol–water partition coefficient (Wildman–Crippen LogP) is 1.63. The summed E-state index contributed by atoms with van der Waals surface area (Å²) in [5.41, 5.74) is 0. The standard InChI is InChI=1S/C13H26N2O/c1-3-6-14-8-5-9-15(7-4-2)11-13(10-14)12-16/h12-13H,3-11H2,1-2H3. The molecule has 1 rings (SSSR count). The number of rotatable bonds is 5. The van der Waals surface area contributed by atoms with Crippen molar-refractivity contribution in [2.45, 2.75) is 33.1 Å².